The van der Waals surface area contributed by atoms with Crippen LogP contribution in [-0.2, 0) is 0 Å². The van der Waals surface area contributed by atoms with E-state index < -0.39 is 0 Å². The Morgan fingerprint density at radius 3 is 2.61 bits per heavy atom. The fourth-order valence-corrected chi connectivity index (χ4v) is 4.33. The number of carbonyl (C=O) groups is 1. The Bertz CT molecular complexity index is 1260. The highest BCUT2D eigenvalue weighted by atomic mass is 16.1. The quantitative estimate of drug-likeness (QED) is 0.511. The predicted octanol–water partition coefficient (Wildman–Crippen LogP) is 4.59. The van der Waals surface area contributed by atoms with Gasteiger partial charge in [-0.25, -0.2) is 15.0 Å². The number of aromatic nitrogens is 4. The molecule has 1 aliphatic rings. The molecule has 0 aliphatic heterocycles. The summed E-state index contributed by atoms with van der Waals surface area (Å²) in [5.41, 5.74) is 10.4. The predicted molar refractivity (Wildman–Crippen MR) is 121 cm³/mol. The number of hydrogen-bond acceptors (Lipinski definition) is 5. The number of nitrogens with two attached hydrogens (primary N) is 1. The standard InChI is InChI=1S/C24H24N6O/c1-15-10-11-26-19(14-15)28-24(31)18-8-6-16(7-9-18)20-21-22(25)27-12-13-30(21)23(29-20)17-4-2-3-5-17/h6-14,17H,2-5H2,1H3,(H2,25,27)(H,26,28,31). The average molecular weight is 412 g/mol. The summed E-state index contributed by atoms with van der Waals surface area (Å²) in [7, 11) is 0. The lowest BCUT2D eigenvalue weighted by Crippen LogP contribution is -2.12. The van der Waals surface area contributed by atoms with Crippen molar-refractivity contribution in [2.45, 2.75) is 38.5 Å². The molecule has 1 amide bonds. The Balaban J connectivity index is 1.47. The first kappa shape index (κ1) is 19.2. The first-order valence-corrected chi connectivity index (χ1v) is 10.6. The second-order valence-corrected chi connectivity index (χ2v) is 8.08. The van der Waals surface area contributed by atoms with Gasteiger partial charge in [0, 0.05) is 35.6 Å². The van der Waals surface area contributed by atoms with Gasteiger partial charge in [-0.05, 0) is 49.6 Å². The Morgan fingerprint density at radius 1 is 1.10 bits per heavy atom. The molecule has 0 atom stereocenters. The fraction of sp³-hybridized carbons (Fsp3) is 0.250. The molecule has 31 heavy (non-hydrogen) atoms. The lowest BCUT2D eigenvalue weighted by atomic mass is 10.1. The van der Waals surface area contributed by atoms with Crippen molar-refractivity contribution in [3.05, 3.63) is 71.9 Å². The zero-order valence-corrected chi connectivity index (χ0v) is 17.4. The molecule has 3 aromatic heterocycles. The van der Waals surface area contributed by atoms with Gasteiger partial charge in [-0.1, -0.05) is 25.0 Å². The average Bonchev–Trinajstić information content (AvgIpc) is 3.42. The third-order valence-electron chi connectivity index (χ3n) is 5.91. The number of nitrogens with one attached hydrogen (secondary N) is 1. The lowest BCUT2D eigenvalue weighted by molar-refractivity contribution is 0.102. The number of fused-ring (bicyclic) bond motifs is 1. The molecule has 0 spiro atoms. The van der Waals surface area contributed by atoms with Gasteiger partial charge < -0.3 is 11.1 Å². The highest BCUT2D eigenvalue weighted by molar-refractivity contribution is 6.04. The van der Waals surface area contributed by atoms with Gasteiger partial charge in [-0.3, -0.25) is 9.20 Å². The molecule has 0 radical (unpaired) electrons. The van der Waals surface area contributed by atoms with Crippen LogP contribution in [0.5, 0.6) is 0 Å². The van der Waals surface area contributed by atoms with E-state index in [1.807, 2.05) is 37.4 Å². The highest BCUT2D eigenvalue weighted by Crippen LogP contribution is 2.37. The number of nitrogens with zero attached hydrogens (tertiary/aromatic N) is 4. The van der Waals surface area contributed by atoms with E-state index in [0.717, 1.165) is 41.0 Å². The molecular formula is C24H24N6O. The van der Waals surface area contributed by atoms with E-state index >= 15 is 0 Å². The molecule has 1 aliphatic carbocycles. The van der Waals surface area contributed by atoms with Gasteiger partial charge in [0.2, 0.25) is 0 Å². The van der Waals surface area contributed by atoms with Gasteiger partial charge >= 0.3 is 0 Å². The van der Waals surface area contributed by atoms with Crippen molar-refractivity contribution in [2.24, 2.45) is 0 Å². The van der Waals surface area contributed by atoms with Crippen LogP contribution >= 0.6 is 0 Å². The van der Waals surface area contributed by atoms with Crippen LogP contribution in [0.25, 0.3) is 16.8 Å². The first-order valence-electron chi connectivity index (χ1n) is 10.6. The molecule has 0 bridgehead atoms. The second kappa shape index (κ2) is 7.83. The maximum absolute atomic E-state index is 12.6. The summed E-state index contributed by atoms with van der Waals surface area (Å²) in [6.45, 7) is 1.96. The van der Waals surface area contributed by atoms with E-state index in [0.29, 0.717) is 23.1 Å². The molecule has 0 unspecified atom stereocenters. The van der Waals surface area contributed by atoms with E-state index in [-0.39, 0.29) is 5.91 Å². The van der Waals surface area contributed by atoms with Crippen molar-refractivity contribution in [3.63, 3.8) is 0 Å². The normalized spacial score (nSPS) is 14.2. The minimum Gasteiger partial charge on any atom is -0.382 e. The summed E-state index contributed by atoms with van der Waals surface area (Å²) in [4.78, 5) is 26.1. The molecule has 7 nitrogen and oxygen atoms in total. The van der Waals surface area contributed by atoms with E-state index in [1.165, 1.54) is 12.8 Å². The summed E-state index contributed by atoms with van der Waals surface area (Å²) in [5.74, 6) is 2.28. The Labute approximate surface area is 180 Å². The molecule has 156 valence electrons. The van der Waals surface area contributed by atoms with Gasteiger partial charge in [0.05, 0.1) is 0 Å². The minimum absolute atomic E-state index is 0.202. The third-order valence-corrected chi connectivity index (χ3v) is 5.91. The topological polar surface area (TPSA) is 98.2 Å². The maximum atomic E-state index is 12.6. The summed E-state index contributed by atoms with van der Waals surface area (Å²) < 4.78 is 2.08. The second-order valence-electron chi connectivity index (χ2n) is 8.08. The van der Waals surface area contributed by atoms with E-state index in [1.54, 1.807) is 24.5 Å². The zero-order valence-electron chi connectivity index (χ0n) is 17.4. The largest absolute Gasteiger partial charge is 0.382 e. The molecule has 1 aromatic carbocycles. The Kier molecular flexibility index (Phi) is 4.86. The Morgan fingerprint density at radius 2 is 1.87 bits per heavy atom. The third kappa shape index (κ3) is 3.63. The molecule has 1 fully saturated rings. The van der Waals surface area contributed by atoms with Gasteiger partial charge in [-0.15, -0.1) is 0 Å². The number of benzene rings is 1. The van der Waals surface area contributed by atoms with Crippen molar-refractivity contribution in [1.29, 1.82) is 0 Å². The Hall–Kier alpha value is -3.74. The van der Waals surface area contributed by atoms with E-state index in [2.05, 4.69) is 19.7 Å². The molecule has 4 aromatic rings. The summed E-state index contributed by atoms with van der Waals surface area (Å²) in [5, 5.41) is 2.84. The number of pyridine rings is 1. The van der Waals surface area contributed by atoms with Gasteiger partial charge in [0.1, 0.15) is 28.7 Å². The number of amides is 1. The fourth-order valence-electron chi connectivity index (χ4n) is 4.33. The SMILES string of the molecule is Cc1ccnc(NC(=O)c2ccc(-c3nc(C4CCCC4)n4ccnc(N)c34)cc2)c1. The van der Waals surface area contributed by atoms with Gasteiger partial charge in [-0.2, -0.15) is 0 Å². The van der Waals surface area contributed by atoms with Crippen LogP contribution in [0.3, 0.4) is 0 Å². The van der Waals surface area contributed by atoms with E-state index in [4.69, 9.17) is 10.7 Å². The van der Waals surface area contributed by atoms with Crippen molar-refractivity contribution < 1.29 is 4.79 Å². The number of nitrogen functional groups attached to an aromatic ring is 1. The van der Waals surface area contributed by atoms with Crippen LogP contribution in [0.4, 0.5) is 11.6 Å². The first-order chi connectivity index (χ1) is 15.1. The number of imidazole rings is 1. The summed E-state index contributed by atoms with van der Waals surface area (Å²) >= 11 is 0. The van der Waals surface area contributed by atoms with Crippen molar-refractivity contribution in [2.75, 3.05) is 11.1 Å². The molecule has 3 heterocycles. The van der Waals surface area contributed by atoms with Gasteiger partial charge in [0.25, 0.3) is 5.91 Å². The van der Waals surface area contributed by atoms with Crippen LogP contribution in [0.2, 0.25) is 0 Å². The molecular weight excluding hydrogens is 388 g/mol. The van der Waals surface area contributed by atoms with Crippen LogP contribution in [0.1, 0.15) is 53.3 Å². The van der Waals surface area contributed by atoms with Crippen LogP contribution in [-0.4, -0.2) is 25.3 Å². The smallest absolute Gasteiger partial charge is 0.256 e. The maximum Gasteiger partial charge on any atom is 0.256 e. The number of anilines is 2. The number of carbonyl (C=O) groups excluding carboxylic acids is 1. The van der Waals surface area contributed by atoms with Gasteiger partial charge in [0.15, 0.2) is 0 Å². The summed E-state index contributed by atoms with van der Waals surface area (Å²) in [6.07, 6.45) is 10.1. The monoisotopic (exact) mass is 412 g/mol. The molecule has 7 heteroatoms. The number of rotatable bonds is 4. The number of aryl methyl sites for hydroxylation is 1. The minimum atomic E-state index is -0.202. The zero-order chi connectivity index (χ0) is 21.4. The van der Waals surface area contributed by atoms with Crippen molar-refractivity contribution in [1.82, 2.24) is 19.4 Å². The highest BCUT2D eigenvalue weighted by Gasteiger charge is 2.25. The molecule has 3 N–H and O–H groups in total. The lowest BCUT2D eigenvalue weighted by Gasteiger charge is -2.07. The van der Waals surface area contributed by atoms with Crippen molar-refractivity contribution >= 4 is 23.1 Å². The molecule has 1 saturated carbocycles. The van der Waals surface area contributed by atoms with Crippen LogP contribution < -0.4 is 11.1 Å². The number of hydrogen-bond donors (Lipinski definition) is 2. The molecule has 5 rings (SSSR count). The summed E-state index contributed by atoms with van der Waals surface area (Å²) in [6, 6.07) is 11.1. The van der Waals surface area contributed by atoms with Crippen LogP contribution in [0, 0.1) is 6.92 Å². The van der Waals surface area contributed by atoms with Crippen molar-refractivity contribution in [3.8, 4) is 11.3 Å². The molecule has 0 saturated heterocycles. The van der Waals surface area contributed by atoms with E-state index in [9.17, 15) is 4.79 Å². The van der Waals surface area contributed by atoms with Crippen LogP contribution in [0.15, 0.2) is 55.0 Å².